The Balaban J connectivity index is 2.33. The van der Waals surface area contributed by atoms with E-state index in [4.69, 9.17) is 5.14 Å². The first-order chi connectivity index (χ1) is 8.90. The van der Waals surface area contributed by atoms with Crippen LogP contribution in [0.5, 0.6) is 0 Å². The third-order valence-electron chi connectivity index (χ3n) is 2.37. The maximum atomic E-state index is 11.5. The molecule has 2 aromatic rings. The van der Waals surface area contributed by atoms with E-state index in [-0.39, 0.29) is 10.2 Å². The molecular formula is C11H13N3O3S2. The van der Waals surface area contributed by atoms with E-state index in [1.54, 1.807) is 18.2 Å². The number of benzene rings is 1. The lowest BCUT2D eigenvalue weighted by Crippen LogP contribution is -2.11. The Kier molecular flexibility index (Phi) is 3.83. The van der Waals surface area contributed by atoms with Crippen LogP contribution in [0.3, 0.4) is 0 Å². The fourth-order valence-corrected chi connectivity index (χ4v) is 3.25. The quantitative estimate of drug-likeness (QED) is 0.896. The molecule has 0 aliphatic heterocycles. The van der Waals surface area contributed by atoms with Crippen LogP contribution in [0.4, 0.5) is 5.69 Å². The molecule has 0 aliphatic rings. The second-order valence-electron chi connectivity index (χ2n) is 4.01. The Morgan fingerprint density at radius 2 is 2.21 bits per heavy atom. The molecule has 2 rings (SSSR count). The van der Waals surface area contributed by atoms with Crippen molar-refractivity contribution in [1.82, 2.24) is 4.98 Å². The molecule has 1 aromatic carbocycles. The van der Waals surface area contributed by atoms with E-state index in [1.807, 2.05) is 6.92 Å². The second-order valence-corrected chi connectivity index (χ2v) is 6.77. The van der Waals surface area contributed by atoms with Crippen molar-refractivity contribution in [2.45, 2.75) is 24.1 Å². The van der Waals surface area contributed by atoms with Gasteiger partial charge in [-0.25, -0.2) is 18.5 Å². The normalized spacial score (nSPS) is 11.7. The van der Waals surface area contributed by atoms with Gasteiger partial charge in [-0.05, 0) is 24.6 Å². The van der Waals surface area contributed by atoms with Crippen molar-refractivity contribution in [3.8, 4) is 0 Å². The highest BCUT2D eigenvalue weighted by Gasteiger charge is 2.14. The lowest BCUT2D eigenvalue weighted by atomic mass is 10.2. The second kappa shape index (κ2) is 5.24. The number of thiazole rings is 1. The zero-order valence-electron chi connectivity index (χ0n) is 10.2. The van der Waals surface area contributed by atoms with Crippen LogP contribution >= 0.6 is 11.3 Å². The van der Waals surface area contributed by atoms with Crippen molar-refractivity contribution in [2.75, 3.05) is 5.32 Å². The lowest BCUT2D eigenvalue weighted by molar-refractivity contribution is -0.116. The molecule has 0 saturated carbocycles. The number of nitrogens with zero attached hydrogens (tertiary/aromatic N) is 1. The zero-order chi connectivity index (χ0) is 14.0. The highest BCUT2D eigenvalue weighted by atomic mass is 32.2. The van der Waals surface area contributed by atoms with Crippen LogP contribution in [0, 0.1) is 0 Å². The van der Waals surface area contributed by atoms with E-state index in [1.165, 1.54) is 0 Å². The molecule has 0 radical (unpaired) electrons. The average molecular weight is 299 g/mol. The summed E-state index contributed by atoms with van der Waals surface area (Å²) in [6.45, 7) is 1.92. The van der Waals surface area contributed by atoms with Gasteiger partial charge in [0.2, 0.25) is 10.2 Å². The smallest absolute Gasteiger partial charge is 0.265 e. The molecule has 0 bridgehead atoms. The molecule has 6 nitrogen and oxygen atoms in total. The van der Waals surface area contributed by atoms with Gasteiger partial charge in [0.05, 0.1) is 10.2 Å². The van der Waals surface area contributed by atoms with E-state index in [9.17, 15) is 13.2 Å². The molecule has 0 atom stereocenters. The molecule has 1 aromatic heterocycles. The van der Waals surface area contributed by atoms with Gasteiger partial charge >= 0.3 is 0 Å². The molecule has 0 spiro atoms. The summed E-state index contributed by atoms with van der Waals surface area (Å²) in [5, 5.41) is 7.77. The van der Waals surface area contributed by atoms with E-state index < -0.39 is 10.0 Å². The van der Waals surface area contributed by atoms with Crippen molar-refractivity contribution in [3.05, 3.63) is 18.2 Å². The molecule has 1 amide bonds. The van der Waals surface area contributed by atoms with Crippen LogP contribution in [0.25, 0.3) is 10.2 Å². The summed E-state index contributed by atoms with van der Waals surface area (Å²) < 4.78 is 23.0. The molecule has 0 saturated heterocycles. The average Bonchev–Trinajstić information content (AvgIpc) is 2.71. The van der Waals surface area contributed by atoms with Gasteiger partial charge in [0, 0.05) is 12.1 Å². The number of rotatable bonds is 4. The zero-order valence-corrected chi connectivity index (χ0v) is 11.8. The van der Waals surface area contributed by atoms with E-state index in [0.717, 1.165) is 17.8 Å². The summed E-state index contributed by atoms with van der Waals surface area (Å²) in [7, 11) is -3.79. The van der Waals surface area contributed by atoms with Gasteiger partial charge in [0.1, 0.15) is 0 Å². The number of hydrogen-bond acceptors (Lipinski definition) is 5. The largest absolute Gasteiger partial charge is 0.326 e. The number of carbonyl (C=O) groups is 1. The van der Waals surface area contributed by atoms with Gasteiger partial charge in [0.25, 0.3) is 10.0 Å². The van der Waals surface area contributed by atoms with Gasteiger partial charge < -0.3 is 5.32 Å². The van der Waals surface area contributed by atoms with Crippen LogP contribution in [-0.2, 0) is 14.8 Å². The van der Waals surface area contributed by atoms with Crippen LogP contribution in [0.2, 0.25) is 0 Å². The fraction of sp³-hybridized carbons (Fsp3) is 0.273. The van der Waals surface area contributed by atoms with E-state index in [2.05, 4.69) is 10.3 Å². The Labute approximate surface area is 114 Å². The molecule has 19 heavy (non-hydrogen) atoms. The third-order valence-corrected chi connectivity index (χ3v) is 4.71. The predicted molar refractivity (Wildman–Crippen MR) is 74.5 cm³/mol. The summed E-state index contributed by atoms with van der Waals surface area (Å²) in [6, 6.07) is 5.03. The summed E-state index contributed by atoms with van der Waals surface area (Å²) in [4.78, 5) is 15.4. The first-order valence-electron chi connectivity index (χ1n) is 5.63. The van der Waals surface area contributed by atoms with E-state index in [0.29, 0.717) is 22.3 Å². The first kappa shape index (κ1) is 13.9. The van der Waals surface area contributed by atoms with Crippen LogP contribution in [0.15, 0.2) is 22.5 Å². The number of aromatic nitrogens is 1. The minimum absolute atomic E-state index is 0.0713. The number of nitrogens with two attached hydrogens (primary N) is 1. The van der Waals surface area contributed by atoms with Crippen LogP contribution in [-0.4, -0.2) is 19.3 Å². The van der Waals surface area contributed by atoms with Crippen LogP contribution in [0.1, 0.15) is 19.8 Å². The number of hydrogen-bond donors (Lipinski definition) is 2. The Morgan fingerprint density at radius 1 is 1.47 bits per heavy atom. The Bertz CT molecular complexity index is 722. The maximum absolute atomic E-state index is 11.5. The van der Waals surface area contributed by atoms with E-state index >= 15 is 0 Å². The van der Waals surface area contributed by atoms with Gasteiger partial charge in [0.15, 0.2) is 0 Å². The SMILES string of the molecule is CCCC(=O)Nc1ccc2nc(S(N)(=O)=O)sc2c1. The minimum Gasteiger partial charge on any atom is -0.326 e. The van der Waals surface area contributed by atoms with Gasteiger partial charge in [-0.15, -0.1) is 11.3 Å². The highest BCUT2D eigenvalue weighted by Crippen LogP contribution is 2.27. The molecule has 0 fully saturated rings. The minimum atomic E-state index is -3.79. The highest BCUT2D eigenvalue weighted by molar-refractivity contribution is 7.91. The summed E-state index contributed by atoms with van der Waals surface area (Å²) >= 11 is 0.983. The fourth-order valence-electron chi connectivity index (χ4n) is 1.55. The third kappa shape index (κ3) is 3.28. The molecule has 0 unspecified atom stereocenters. The molecule has 0 aliphatic carbocycles. The van der Waals surface area contributed by atoms with Crippen molar-refractivity contribution in [2.24, 2.45) is 5.14 Å². The molecule has 8 heteroatoms. The van der Waals surface area contributed by atoms with Gasteiger partial charge in [-0.2, -0.15) is 0 Å². The molecule has 102 valence electrons. The number of anilines is 1. The number of nitrogens with one attached hydrogen (secondary N) is 1. The Morgan fingerprint density at radius 3 is 2.84 bits per heavy atom. The van der Waals surface area contributed by atoms with Crippen molar-refractivity contribution in [1.29, 1.82) is 0 Å². The molecular weight excluding hydrogens is 286 g/mol. The summed E-state index contributed by atoms with van der Waals surface area (Å²) in [5.41, 5.74) is 1.16. The maximum Gasteiger partial charge on any atom is 0.265 e. The standard InChI is InChI=1S/C11H13N3O3S2/c1-2-3-10(15)13-7-4-5-8-9(6-7)18-11(14-8)19(12,16)17/h4-6H,2-3H2,1H3,(H,13,15)(H2,12,16,17). The van der Waals surface area contributed by atoms with Gasteiger partial charge in [-0.3, -0.25) is 4.79 Å². The van der Waals surface area contributed by atoms with Gasteiger partial charge in [-0.1, -0.05) is 6.92 Å². The number of sulfonamides is 1. The topological polar surface area (TPSA) is 102 Å². The van der Waals surface area contributed by atoms with Crippen molar-refractivity contribution in [3.63, 3.8) is 0 Å². The number of fused-ring (bicyclic) bond motifs is 1. The molecule has 3 N–H and O–H groups in total. The Hall–Kier alpha value is -1.51. The van der Waals surface area contributed by atoms with Crippen molar-refractivity contribution < 1.29 is 13.2 Å². The number of carbonyl (C=O) groups excluding carboxylic acids is 1. The van der Waals surface area contributed by atoms with Crippen LogP contribution < -0.4 is 10.5 Å². The predicted octanol–water partition coefficient (Wildman–Crippen LogP) is 1.68. The lowest BCUT2D eigenvalue weighted by Gasteiger charge is -2.03. The summed E-state index contributed by atoms with van der Waals surface area (Å²) in [6.07, 6.45) is 1.22. The number of amides is 1. The molecule has 1 heterocycles. The monoisotopic (exact) mass is 299 g/mol. The first-order valence-corrected chi connectivity index (χ1v) is 7.99. The van der Waals surface area contributed by atoms with Crippen molar-refractivity contribution >= 4 is 43.2 Å². The number of primary sulfonamides is 1. The summed E-state index contributed by atoms with van der Waals surface area (Å²) in [5.74, 6) is -0.0713.